The van der Waals surface area contributed by atoms with Gasteiger partial charge in [0.15, 0.2) is 0 Å². The Labute approximate surface area is 112 Å². The van der Waals surface area contributed by atoms with Crippen molar-refractivity contribution in [1.29, 1.82) is 0 Å². The molecule has 1 rings (SSSR count). The summed E-state index contributed by atoms with van der Waals surface area (Å²) in [5.41, 5.74) is 0.462. The van der Waals surface area contributed by atoms with E-state index in [0.717, 1.165) is 0 Å². The highest BCUT2D eigenvalue weighted by molar-refractivity contribution is 5.95. The molecule has 1 aromatic carbocycles. The van der Waals surface area contributed by atoms with E-state index < -0.39 is 5.97 Å². The number of carboxylic acids is 1. The van der Waals surface area contributed by atoms with Gasteiger partial charge in [-0.1, -0.05) is 18.2 Å². The Kier molecular flexibility index (Phi) is 7.60. The molecule has 0 unspecified atom stereocenters. The lowest BCUT2D eigenvalue weighted by Gasteiger charge is -2.02. The molecule has 0 fully saturated rings. The molecule has 0 aromatic heterocycles. The zero-order valence-corrected chi connectivity index (χ0v) is 11.2. The summed E-state index contributed by atoms with van der Waals surface area (Å²) in [5.74, 6) is -1.33. The molecule has 0 aliphatic heterocycles. The van der Waals surface area contributed by atoms with Crippen LogP contribution in [0.4, 0.5) is 0 Å². The van der Waals surface area contributed by atoms with Crippen LogP contribution < -0.4 is 5.32 Å². The number of carbonyl (C=O) groups excluding carboxylic acids is 2. The van der Waals surface area contributed by atoms with Crippen molar-refractivity contribution in [1.82, 2.24) is 10.2 Å². The molecule has 1 aromatic rings. The van der Waals surface area contributed by atoms with Crippen LogP contribution in [-0.4, -0.2) is 48.4 Å². The van der Waals surface area contributed by atoms with Crippen LogP contribution in [0.15, 0.2) is 30.3 Å². The summed E-state index contributed by atoms with van der Waals surface area (Å²) in [5, 5.41) is 10.6. The highest BCUT2D eigenvalue weighted by Gasteiger charge is 2.04. The topological polar surface area (TPSA) is 86.7 Å². The van der Waals surface area contributed by atoms with Crippen molar-refractivity contribution in [3.8, 4) is 0 Å². The second-order valence-electron chi connectivity index (χ2n) is 3.86. The van der Waals surface area contributed by atoms with Gasteiger partial charge in [0.25, 0.3) is 5.91 Å². The van der Waals surface area contributed by atoms with Crippen molar-refractivity contribution in [2.75, 3.05) is 20.6 Å². The lowest BCUT2D eigenvalue weighted by atomic mass is 10.2. The Balaban J connectivity index is 0.000000459. The minimum absolute atomic E-state index is 0.0926. The smallest absolute Gasteiger partial charge is 0.322 e. The number of nitrogens with zero attached hydrogens (tertiary/aromatic N) is 1. The van der Waals surface area contributed by atoms with Gasteiger partial charge in [-0.2, -0.15) is 0 Å². The lowest BCUT2D eigenvalue weighted by molar-refractivity contribution is -0.135. The highest BCUT2D eigenvalue weighted by Crippen LogP contribution is 1.96. The minimum Gasteiger partial charge on any atom is -0.480 e. The van der Waals surface area contributed by atoms with E-state index in [0.29, 0.717) is 5.56 Å². The number of amides is 2. The first-order valence-electron chi connectivity index (χ1n) is 5.57. The molecule has 2 N–H and O–H groups in total. The van der Waals surface area contributed by atoms with E-state index in [1.165, 1.54) is 11.8 Å². The fourth-order valence-electron chi connectivity index (χ4n) is 0.847. The molecule has 0 atom stereocenters. The quantitative estimate of drug-likeness (QED) is 0.838. The first-order valence-corrected chi connectivity index (χ1v) is 5.57. The van der Waals surface area contributed by atoms with Gasteiger partial charge in [0, 0.05) is 26.6 Å². The second-order valence-corrected chi connectivity index (χ2v) is 3.86. The van der Waals surface area contributed by atoms with E-state index in [2.05, 4.69) is 5.32 Å². The van der Waals surface area contributed by atoms with Gasteiger partial charge in [-0.15, -0.1) is 0 Å². The van der Waals surface area contributed by atoms with Crippen LogP contribution in [0.5, 0.6) is 0 Å². The molecule has 0 aliphatic carbocycles. The number of carboxylic acid groups (broad SMARTS) is 1. The van der Waals surface area contributed by atoms with Gasteiger partial charge in [0.05, 0.1) is 0 Å². The third-order valence-electron chi connectivity index (χ3n) is 2.07. The number of aliphatic carboxylic acids is 1. The van der Waals surface area contributed by atoms with Gasteiger partial charge in [0.1, 0.15) is 6.54 Å². The second kappa shape index (κ2) is 8.68. The van der Waals surface area contributed by atoms with E-state index in [-0.39, 0.29) is 18.4 Å². The van der Waals surface area contributed by atoms with Crippen molar-refractivity contribution in [2.24, 2.45) is 0 Å². The highest BCUT2D eigenvalue weighted by atomic mass is 16.4. The van der Waals surface area contributed by atoms with Crippen LogP contribution in [0.2, 0.25) is 0 Å². The van der Waals surface area contributed by atoms with Gasteiger partial charge in [-0.05, 0) is 12.1 Å². The van der Waals surface area contributed by atoms with Crippen LogP contribution in [0.25, 0.3) is 0 Å². The number of nitrogens with one attached hydrogen (secondary N) is 1. The van der Waals surface area contributed by atoms with Crippen molar-refractivity contribution in [2.45, 2.75) is 6.92 Å². The van der Waals surface area contributed by atoms with Gasteiger partial charge in [-0.25, -0.2) is 0 Å². The number of rotatable bonds is 3. The molecule has 0 radical (unpaired) electrons. The van der Waals surface area contributed by atoms with Crippen molar-refractivity contribution >= 4 is 17.8 Å². The molecule has 2 amide bonds. The summed E-state index contributed by atoms with van der Waals surface area (Å²) in [6, 6.07) is 8.47. The molecule has 104 valence electrons. The van der Waals surface area contributed by atoms with Crippen molar-refractivity contribution in [3.05, 3.63) is 35.9 Å². The lowest BCUT2D eigenvalue weighted by Crippen LogP contribution is -2.29. The molecule has 19 heavy (non-hydrogen) atoms. The van der Waals surface area contributed by atoms with E-state index in [1.54, 1.807) is 44.4 Å². The largest absolute Gasteiger partial charge is 0.480 e. The zero-order valence-electron chi connectivity index (χ0n) is 11.2. The summed E-state index contributed by atoms with van der Waals surface area (Å²) in [6.45, 7) is 1.17. The monoisotopic (exact) mass is 266 g/mol. The summed E-state index contributed by atoms with van der Waals surface area (Å²) < 4.78 is 0. The van der Waals surface area contributed by atoms with Crippen LogP contribution in [0, 0.1) is 0 Å². The SMILES string of the molecule is CC(=O)N(C)C.O=C(O)CNC(=O)c1ccccc1. The van der Waals surface area contributed by atoms with E-state index in [4.69, 9.17) is 5.11 Å². The molecular weight excluding hydrogens is 248 g/mol. The molecule has 6 heteroatoms. The summed E-state index contributed by atoms with van der Waals surface area (Å²) >= 11 is 0. The predicted octanol–water partition coefficient (Wildman–Crippen LogP) is 0.596. The van der Waals surface area contributed by atoms with E-state index >= 15 is 0 Å². The fourth-order valence-corrected chi connectivity index (χ4v) is 0.847. The standard InChI is InChI=1S/C9H9NO3.C4H9NO/c11-8(12)6-10-9(13)7-4-2-1-3-5-7;1-4(6)5(2)3/h1-5H,6H2,(H,10,13)(H,11,12);1-3H3. The molecule has 0 heterocycles. The molecule has 0 spiro atoms. The Morgan fingerprint density at radius 2 is 1.63 bits per heavy atom. The molecule has 0 saturated heterocycles. The van der Waals surface area contributed by atoms with Gasteiger partial charge >= 0.3 is 5.97 Å². The van der Waals surface area contributed by atoms with E-state index in [9.17, 15) is 14.4 Å². The first kappa shape index (κ1) is 16.6. The Morgan fingerprint density at radius 3 is 2.00 bits per heavy atom. The number of carbonyl (C=O) groups is 3. The summed E-state index contributed by atoms with van der Waals surface area (Å²) in [6.07, 6.45) is 0. The van der Waals surface area contributed by atoms with Crippen LogP contribution in [0.1, 0.15) is 17.3 Å². The maximum absolute atomic E-state index is 11.2. The Morgan fingerprint density at radius 1 is 1.16 bits per heavy atom. The third kappa shape index (κ3) is 8.37. The van der Waals surface area contributed by atoms with E-state index in [1.807, 2.05) is 0 Å². The van der Waals surface area contributed by atoms with Crippen molar-refractivity contribution in [3.63, 3.8) is 0 Å². The van der Waals surface area contributed by atoms with Gasteiger partial charge < -0.3 is 15.3 Å². The average Bonchev–Trinajstić information content (AvgIpc) is 2.37. The maximum Gasteiger partial charge on any atom is 0.322 e. The Bertz CT molecular complexity index is 430. The molecule has 0 aliphatic rings. The molecule has 0 saturated carbocycles. The van der Waals surface area contributed by atoms with Crippen LogP contribution in [-0.2, 0) is 9.59 Å². The molecular formula is C13H18N2O4. The molecule has 0 bridgehead atoms. The van der Waals surface area contributed by atoms with Gasteiger partial charge in [-0.3, -0.25) is 14.4 Å². The summed E-state index contributed by atoms with van der Waals surface area (Å²) in [4.78, 5) is 32.9. The maximum atomic E-state index is 11.2. The minimum atomic E-state index is -1.05. The Hall–Kier alpha value is -2.37. The number of hydrogen-bond acceptors (Lipinski definition) is 3. The fraction of sp³-hybridized carbons (Fsp3) is 0.308. The summed E-state index contributed by atoms with van der Waals surface area (Å²) in [7, 11) is 3.45. The normalized spacial score (nSPS) is 8.79. The number of hydrogen-bond donors (Lipinski definition) is 2. The number of benzene rings is 1. The van der Waals surface area contributed by atoms with Crippen LogP contribution in [0.3, 0.4) is 0 Å². The van der Waals surface area contributed by atoms with Gasteiger partial charge in [0.2, 0.25) is 5.91 Å². The predicted molar refractivity (Wildman–Crippen MR) is 70.8 cm³/mol. The average molecular weight is 266 g/mol. The first-order chi connectivity index (χ1) is 8.84. The van der Waals surface area contributed by atoms with Crippen molar-refractivity contribution < 1.29 is 19.5 Å². The zero-order chi connectivity index (χ0) is 14.8. The van der Waals surface area contributed by atoms with Crippen LogP contribution >= 0.6 is 0 Å². The third-order valence-corrected chi connectivity index (χ3v) is 2.07. The molecule has 6 nitrogen and oxygen atoms in total.